The third kappa shape index (κ3) is 4.55. The Labute approximate surface area is 159 Å². The molecule has 0 aliphatic carbocycles. The number of carbonyl (C=O) groups is 2. The normalized spacial score (nSPS) is 16.9. The maximum absolute atomic E-state index is 12.9. The first kappa shape index (κ1) is 19.1. The monoisotopic (exact) mass is 412 g/mol. The van der Waals surface area contributed by atoms with Gasteiger partial charge in [-0.25, -0.2) is 17.6 Å². The highest BCUT2D eigenvalue weighted by molar-refractivity contribution is 8.13. The lowest BCUT2D eigenvalue weighted by Gasteiger charge is -2.13. The van der Waals surface area contributed by atoms with Gasteiger partial charge in [0.2, 0.25) is 0 Å². The molecule has 0 radical (unpaired) electrons. The van der Waals surface area contributed by atoms with Crippen molar-refractivity contribution in [3.63, 3.8) is 0 Å². The fourth-order valence-corrected chi connectivity index (χ4v) is 3.31. The second-order valence-corrected chi connectivity index (χ2v) is 8.33. The predicted molar refractivity (Wildman–Crippen MR) is 95.8 cm³/mol. The number of hydrogen-bond donors (Lipinski definition) is 1. The van der Waals surface area contributed by atoms with E-state index in [1.165, 1.54) is 53.4 Å². The summed E-state index contributed by atoms with van der Waals surface area (Å²) >= 11 is 0. The molecule has 1 heterocycles. The maximum Gasteiger partial charge on any atom is 0.414 e. The lowest BCUT2D eigenvalue weighted by molar-refractivity contribution is 0.0916. The Morgan fingerprint density at radius 3 is 2.41 bits per heavy atom. The number of benzene rings is 2. The zero-order chi connectivity index (χ0) is 19.6. The highest BCUT2D eigenvalue weighted by Gasteiger charge is 2.32. The predicted octanol–water partition coefficient (Wildman–Crippen LogP) is 2.51. The first-order chi connectivity index (χ1) is 12.7. The number of nitrogens with one attached hydrogen (secondary N) is 1. The van der Waals surface area contributed by atoms with Crippen molar-refractivity contribution < 1.29 is 27.1 Å². The molecule has 2 aromatic rings. The fraction of sp³-hybridized carbons (Fsp3) is 0.176. The Kier molecular flexibility index (Phi) is 5.33. The molecule has 1 atom stereocenters. The minimum absolute atomic E-state index is 0.0760. The average Bonchev–Trinajstić information content (AvgIpc) is 3.00. The van der Waals surface area contributed by atoms with E-state index in [-0.39, 0.29) is 23.5 Å². The summed E-state index contributed by atoms with van der Waals surface area (Å²) in [7, 11) is 1.41. The minimum Gasteiger partial charge on any atom is -0.442 e. The van der Waals surface area contributed by atoms with Gasteiger partial charge in [-0.2, -0.15) is 0 Å². The van der Waals surface area contributed by atoms with Crippen LogP contribution < -0.4 is 10.2 Å². The molecule has 1 N–H and O–H groups in total. The van der Waals surface area contributed by atoms with Gasteiger partial charge in [0.05, 0.1) is 18.0 Å². The number of anilines is 1. The molecule has 1 saturated heterocycles. The zero-order valence-corrected chi connectivity index (χ0v) is 15.3. The number of nitrogens with zero attached hydrogens (tertiary/aromatic N) is 1. The van der Waals surface area contributed by atoms with Crippen molar-refractivity contribution in [1.82, 2.24) is 5.32 Å². The van der Waals surface area contributed by atoms with Crippen molar-refractivity contribution in [2.24, 2.45) is 0 Å². The SMILES string of the molecule is O=C(NCC1CN(c2ccc(S(=O)(=O)Cl)cc2)C(=O)O1)c1ccc(F)cc1. The lowest BCUT2D eigenvalue weighted by Crippen LogP contribution is -2.34. The highest BCUT2D eigenvalue weighted by atomic mass is 35.7. The van der Waals surface area contributed by atoms with E-state index in [1.54, 1.807) is 0 Å². The number of amides is 2. The van der Waals surface area contributed by atoms with Crippen LogP contribution in [0.25, 0.3) is 0 Å². The number of hydrogen-bond acceptors (Lipinski definition) is 5. The van der Waals surface area contributed by atoms with Crippen LogP contribution in [-0.4, -0.2) is 39.6 Å². The molecule has 0 saturated carbocycles. The Morgan fingerprint density at radius 2 is 1.81 bits per heavy atom. The van der Waals surface area contributed by atoms with E-state index in [2.05, 4.69) is 5.32 Å². The van der Waals surface area contributed by atoms with Gasteiger partial charge in [-0.15, -0.1) is 0 Å². The number of halogens is 2. The van der Waals surface area contributed by atoms with Crippen LogP contribution in [0, 0.1) is 5.82 Å². The molecule has 1 aliphatic rings. The number of ether oxygens (including phenoxy) is 1. The first-order valence-electron chi connectivity index (χ1n) is 7.81. The van der Waals surface area contributed by atoms with E-state index in [4.69, 9.17) is 15.4 Å². The molecule has 1 fully saturated rings. The van der Waals surface area contributed by atoms with E-state index in [1.807, 2.05) is 0 Å². The van der Waals surface area contributed by atoms with Crippen molar-refractivity contribution in [2.75, 3.05) is 18.0 Å². The van der Waals surface area contributed by atoms with Crippen LogP contribution in [0.5, 0.6) is 0 Å². The van der Waals surface area contributed by atoms with E-state index in [9.17, 15) is 22.4 Å². The third-order valence-electron chi connectivity index (χ3n) is 3.90. The Morgan fingerprint density at radius 1 is 1.19 bits per heavy atom. The molecule has 3 rings (SSSR count). The lowest BCUT2D eigenvalue weighted by atomic mass is 10.2. The van der Waals surface area contributed by atoms with E-state index in [0.717, 1.165) is 0 Å². The largest absolute Gasteiger partial charge is 0.442 e. The van der Waals surface area contributed by atoms with Crippen LogP contribution in [-0.2, 0) is 13.8 Å². The van der Waals surface area contributed by atoms with E-state index in [0.29, 0.717) is 5.69 Å². The summed E-state index contributed by atoms with van der Waals surface area (Å²) in [5.41, 5.74) is 0.729. The molecule has 2 amide bonds. The topological polar surface area (TPSA) is 92.8 Å². The highest BCUT2D eigenvalue weighted by Crippen LogP contribution is 2.24. The molecule has 1 aliphatic heterocycles. The minimum atomic E-state index is -3.85. The molecular weight excluding hydrogens is 399 g/mol. The molecule has 10 heteroatoms. The number of carbonyl (C=O) groups excluding carboxylic acids is 2. The van der Waals surface area contributed by atoms with Gasteiger partial charge in [-0.05, 0) is 48.5 Å². The average molecular weight is 413 g/mol. The van der Waals surface area contributed by atoms with Gasteiger partial charge < -0.3 is 10.1 Å². The van der Waals surface area contributed by atoms with Gasteiger partial charge in [0, 0.05) is 21.9 Å². The molecule has 142 valence electrons. The van der Waals surface area contributed by atoms with Gasteiger partial charge in [-0.1, -0.05) is 0 Å². The van der Waals surface area contributed by atoms with Crippen LogP contribution >= 0.6 is 10.7 Å². The summed E-state index contributed by atoms with van der Waals surface area (Å²) in [6.07, 6.45) is -1.20. The van der Waals surface area contributed by atoms with Gasteiger partial charge in [0.1, 0.15) is 11.9 Å². The summed E-state index contributed by atoms with van der Waals surface area (Å²) in [6, 6.07) is 10.5. The smallest absolute Gasteiger partial charge is 0.414 e. The second kappa shape index (κ2) is 7.53. The Balaban J connectivity index is 1.60. The third-order valence-corrected chi connectivity index (χ3v) is 5.27. The molecule has 0 bridgehead atoms. The summed E-state index contributed by atoms with van der Waals surface area (Å²) in [5.74, 6) is -0.860. The number of rotatable bonds is 5. The summed E-state index contributed by atoms with van der Waals surface area (Å²) in [4.78, 5) is 25.3. The van der Waals surface area contributed by atoms with Gasteiger partial charge in [0.25, 0.3) is 15.0 Å². The summed E-state index contributed by atoms with van der Waals surface area (Å²) in [5, 5.41) is 2.62. The van der Waals surface area contributed by atoms with Crippen LogP contribution in [0.4, 0.5) is 14.9 Å². The molecule has 2 aromatic carbocycles. The molecule has 1 unspecified atom stereocenters. The quantitative estimate of drug-likeness (QED) is 0.762. The van der Waals surface area contributed by atoms with Crippen molar-refractivity contribution in [1.29, 1.82) is 0 Å². The zero-order valence-electron chi connectivity index (χ0n) is 13.8. The van der Waals surface area contributed by atoms with Crippen molar-refractivity contribution >= 4 is 37.4 Å². The molecule has 7 nitrogen and oxygen atoms in total. The molecule has 0 aromatic heterocycles. The van der Waals surface area contributed by atoms with Crippen LogP contribution in [0.1, 0.15) is 10.4 Å². The molecule has 0 spiro atoms. The standard InChI is InChI=1S/C17H14ClFN2O5S/c18-27(24,25)15-7-5-13(6-8-15)21-10-14(26-17(21)23)9-20-16(22)11-1-3-12(19)4-2-11/h1-8,14H,9-10H2,(H,20,22). The van der Waals surface area contributed by atoms with E-state index >= 15 is 0 Å². The molecular formula is C17H14ClFN2O5S. The summed E-state index contributed by atoms with van der Waals surface area (Å²) in [6.45, 7) is 0.252. The van der Waals surface area contributed by atoms with Crippen LogP contribution in [0.3, 0.4) is 0 Å². The first-order valence-corrected chi connectivity index (χ1v) is 10.1. The van der Waals surface area contributed by atoms with Gasteiger partial charge in [-0.3, -0.25) is 9.69 Å². The maximum atomic E-state index is 12.9. The van der Waals surface area contributed by atoms with Gasteiger partial charge in [0.15, 0.2) is 0 Å². The van der Waals surface area contributed by atoms with Crippen molar-refractivity contribution in [3.8, 4) is 0 Å². The fourth-order valence-electron chi connectivity index (χ4n) is 2.54. The number of cyclic esters (lactones) is 1. The van der Waals surface area contributed by atoms with E-state index < -0.39 is 33.0 Å². The second-order valence-electron chi connectivity index (χ2n) is 5.77. The van der Waals surface area contributed by atoms with Crippen molar-refractivity contribution in [2.45, 2.75) is 11.0 Å². The van der Waals surface area contributed by atoms with Gasteiger partial charge >= 0.3 is 6.09 Å². The van der Waals surface area contributed by atoms with Crippen molar-refractivity contribution in [3.05, 3.63) is 59.9 Å². The summed E-state index contributed by atoms with van der Waals surface area (Å²) < 4.78 is 40.6. The Bertz CT molecular complexity index is 964. The van der Waals surface area contributed by atoms with Crippen LogP contribution in [0.2, 0.25) is 0 Å². The molecule has 27 heavy (non-hydrogen) atoms. The Hall–Kier alpha value is -2.65. The van der Waals surface area contributed by atoms with Crippen LogP contribution in [0.15, 0.2) is 53.4 Å².